The lowest BCUT2D eigenvalue weighted by Gasteiger charge is -2.50. The number of ether oxygens (including phenoxy) is 17. The maximum absolute atomic E-state index is 13.1. The summed E-state index contributed by atoms with van der Waals surface area (Å²) in [5.74, 6) is -8.70. The lowest BCUT2D eigenvalue weighted by Crippen LogP contribution is -2.70. The van der Waals surface area contributed by atoms with Crippen molar-refractivity contribution in [1.29, 1.82) is 0 Å². The van der Waals surface area contributed by atoms with E-state index in [9.17, 15) is 157 Å². The summed E-state index contributed by atoms with van der Waals surface area (Å²) >= 11 is 0. The zero-order valence-electron chi connectivity index (χ0n) is 63.0. The highest BCUT2D eigenvalue weighted by Gasteiger charge is 2.62. The molecule has 0 aromatic carbocycles. The molecule has 0 spiro atoms. The SMILES string of the molecule is CC(=O)N[C@@H]1[C@@H](O)[C@H](O[C@@H]2O[C@H](CO)[C@@H](O[C@@H]3O[C@H](CO[C@H]4O[C@H](CO)[C@@H](O)[C@H](O)[C@@H]4O[C@@H]4O[C@H](CO)[C@@H](O[C@@H]5O[C@H](CO[C@]6(C(=O)O)C[C@H](O)[C@@H](NC(C)=O)[C@H]([C@H](O)[C@H](O)CO)O6)[C@H](O)[C@H](O)[C@H]5O)[C@H](O)[C@H]4NC(C)=O)[C@@H](O)[C@H](O[C@H]4O[C@H](CO)[C@@H](O)[C@H](O)[C@@H]4O)[C@@H]3O)[C@H](O)[C@H]2NC(C)=O)[C@@H](CO[C@@H]2O[C@@H](C)[C@@H](O)[C@@H](O)[C@@H]2O)O[C@H]1O. The molecule has 0 unspecified atom stereocenters. The predicted octanol–water partition coefficient (Wildman–Crippen LogP) is -19.8. The average Bonchev–Trinajstić information content (AvgIpc) is 0.770. The van der Waals surface area contributed by atoms with Crippen molar-refractivity contribution in [3.8, 4) is 0 Å². The highest BCUT2D eigenvalue weighted by Crippen LogP contribution is 2.40. The fraction of sp³-hybridized carbons (Fsp3) is 0.923. The maximum atomic E-state index is 13.1. The van der Waals surface area contributed by atoms with E-state index in [0.29, 0.717) is 0 Å². The Kier molecular flexibility index (Phi) is 34.2. The van der Waals surface area contributed by atoms with E-state index in [1.165, 1.54) is 6.92 Å². The van der Waals surface area contributed by atoms with Crippen molar-refractivity contribution >= 4 is 29.6 Å². The molecule has 46 atom stereocenters. The Balaban J connectivity index is 0.960. The van der Waals surface area contributed by atoms with Crippen LogP contribution < -0.4 is 21.3 Å². The minimum atomic E-state index is -3.06. The molecule has 52 heteroatoms. The highest BCUT2D eigenvalue weighted by atomic mass is 16.8. The second-order valence-corrected chi connectivity index (χ2v) is 29.7. The minimum Gasteiger partial charge on any atom is -0.477 e. The summed E-state index contributed by atoms with van der Waals surface area (Å²) in [6, 6.07) is -7.34. The van der Waals surface area contributed by atoms with Crippen molar-refractivity contribution in [2.24, 2.45) is 0 Å². The van der Waals surface area contributed by atoms with Crippen LogP contribution in [0, 0.1) is 0 Å². The van der Waals surface area contributed by atoms with E-state index in [4.69, 9.17) is 80.5 Å². The second-order valence-electron chi connectivity index (χ2n) is 29.7. The molecule has 9 saturated heterocycles. The van der Waals surface area contributed by atoms with E-state index >= 15 is 0 Å². The first-order valence-electron chi connectivity index (χ1n) is 37.1. The van der Waals surface area contributed by atoms with Crippen molar-refractivity contribution in [2.45, 2.75) is 323 Å². The van der Waals surface area contributed by atoms with Crippen LogP contribution in [-0.4, -0.2) is 497 Å². The molecule has 9 rings (SSSR count). The number of rotatable bonds is 31. The quantitative estimate of drug-likeness (QED) is 0.0306. The molecule has 117 heavy (non-hydrogen) atoms. The maximum Gasteiger partial charge on any atom is 0.364 e. The average molecular weight is 1710 g/mol. The third kappa shape index (κ3) is 21.5. The summed E-state index contributed by atoms with van der Waals surface area (Å²) in [4.78, 5) is 63.5. The first-order valence-corrected chi connectivity index (χ1v) is 37.1. The van der Waals surface area contributed by atoms with Crippen LogP contribution in [0.1, 0.15) is 41.0 Å². The number of carbonyl (C=O) groups excluding carboxylic acids is 4. The van der Waals surface area contributed by atoms with Gasteiger partial charge in [-0.05, 0) is 6.92 Å². The van der Waals surface area contributed by atoms with Gasteiger partial charge in [-0.25, -0.2) is 4.79 Å². The van der Waals surface area contributed by atoms with Gasteiger partial charge in [0.05, 0.1) is 71.1 Å². The van der Waals surface area contributed by atoms with Gasteiger partial charge in [0.2, 0.25) is 23.6 Å². The molecule has 0 saturated carbocycles. The third-order valence-electron chi connectivity index (χ3n) is 21.3. The van der Waals surface area contributed by atoms with Crippen molar-refractivity contribution in [3.05, 3.63) is 0 Å². The number of carboxylic acids is 1. The van der Waals surface area contributed by atoms with Crippen LogP contribution in [0.15, 0.2) is 0 Å². The van der Waals surface area contributed by atoms with Crippen molar-refractivity contribution in [1.82, 2.24) is 21.3 Å². The molecule has 9 aliphatic heterocycles. The normalized spacial score (nSPS) is 47.9. The van der Waals surface area contributed by atoms with Crippen LogP contribution in [0.5, 0.6) is 0 Å². The Bertz CT molecular complexity index is 3190. The Hall–Kier alpha value is -4.33. The van der Waals surface area contributed by atoms with Gasteiger partial charge in [0, 0.05) is 34.1 Å². The lowest BCUT2D eigenvalue weighted by molar-refractivity contribution is -0.389. The molecule has 0 radical (unpaired) electrons. The van der Waals surface area contributed by atoms with Crippen LogP contribution in [0.4, 0.5) is 0 Å². The van der Waals surface area contributed by atoms with Crippen molar-refractivity contribution in [3.63, 3.8) is 0 Å². The molecule has 52 nitrogen and oxygen atoms in total. The van der Waals surface area contributed by atoms with Crippen LogP contribution in [0.2, 0.25) is 0 Å². The Morgan fingerprint density at radius 3 is 1.24 bits per heavy atom. The van der Waals surface area contributed by atoms with Gasteiger partial charge in [-0.2, -0.15) is 0 Å². The Morgan fingerprint density at radius 2 is 0.744 bits per heavy atom. The molecule has 676 valence electrons. The number of aliphatic hydroxyl groups excluding tert-OH is 25. The van der Waals surface area contributed by atoms with Gasteiger partial charge in [-0.3, -0.25) is 19.2 Å². The van der Waals surface area contributed by atoms with Crippen LogP contribution in [0.3, 0.4) is 0 Å². The number of nitrogens with one attached hydrogen (secondary N) is 4. The molecule has 9 heterocycles. The predicted molar refractivity (Wildman–Crippen MR) is 359 cm³/mol. The summed E-state index contributed by atoms with van der Waals surface area (Å²) < 4.78 is 99.6. The lowest BCUT2D eigenvalue weighted by atomic mass is 9.88. The standard InChI is InChI=1S/C65H108N4O48/c1-15-33(81)42(90)46(94)59(104-15)101-13-28-52(39(87)30(56(98)105-28)67-17(3)76)112-57-31(68-18(4)77)40(88)51(25(11-74)108-57)114-62-49(97)54(115-60-47(95)43(91)35(83)22(8-71)106-60)38(86)26(110-62)12-102-63-55(45(93)36(84)23(9-72)107-63)116-58-32(69-19(5)78)41(89)50(24(10-73)109-58)113-61-48(96)44(92)37(85)27(111-61)14-103-65(64(99)100)6-20(79)29(66-16(2)75)53(117-65)34(82)21(80)7-70/h15,20-63,70-74,79-98H,6-14H2,1-5H3,(H,66,75)(H,67,76)(H,68,77)(H,69,78)(H,99,100)/t15-,20-,21+,22+,23+,24+,25+,26+,27+,28+,29+,30+,31+,32+,33+,34+,35+,36+,37-,38+,39+,40+,41+,42+,43-,44-,45-,46-,47-,48+,49-,50+,51+,52+,53+,54-,55-,56+,57-,58-,59+,60+,61-,62-,63-,65+/m0/s1. The van der Waals surface area contributed by atoms with Gasteiger partial charge < -0.3 is 235 Å². The Labute approximate surface area is 662 Å². The fourth-order valence-corrected chi connectivity index (χ4v) is 14.9. The highest BCUT2D eigenvalue weighted by molar-refractivity contribution is 5.77. The minimum absolute atomic E-state index is 0.822. The van der Waals surface area contributed by atoms with E-state index in [2.05, 4.69) is 21.3 Å². The van der Waals surface area contributed by atoms with Crippen molar-refractivity contribution in [2.75, 3.05) is 52.9 Å². The number of hydrogen-bond acceptors (Lipinski definition) is 47. The van der Waals surface area contributed by atoms with E-state index in [-0.39, 0.29) is 0 Å². The summed E-state index contributed by atoms with van der Waals surface area (Å²) in [6.45, 7) is -3.79. The molecule has 0 aliphatic carbocycles. The van der Waals surface area contributed by atoms with Gasteiger partial charge in [0.25, 0.3) is 5.79 Å². The van der Waals surface area contributed by atoms with E-state index in [0.717, 1.165) is 27.7 Å². The third-order valence-corrected chi connectivity index (χ3v) is 21.3. The molecular weight excluding hydrogens is 1600 g/mol. The molecule has 30 N–H and O–H groups in total. The summed E-state index contributed by atoms with van der Waals surface area (Å²) in [5.41, 5.74) is 0. The molecular formula is C65H108N4O48. The first-order chi connectivity index (χ1) is 55.1. The number of aliphatic hydroxyl groups is 25. The van der Waals surface area contributed by atoms with Gasteiger partial charge in [-0.15, -0.1) is 0 Å². The molecule has 9 fully saturated rings. The number of carboxylic acid groups (broad SMARTS) is 1. The van der Waals surface area contributed by atoms with E-state index < -0.39 is 371 Å². The van der Waals surface area contributed by atoms with Crippen LogP contribution in [0.25, 0.3) is 0 Å². The summed E-state index contributed by atoms with van der Waals surface area (Å²) in [5, 5.41) is 297. The van der Waals surface area contributed by atoms with Crippen LogP contribution in [-0.2, 0) is 104 Å². The largest absolute Gasteiger partial charge is 0.477 e. The topological polar surface area (TPSA) is 816 Å². The molecule has 4 amide bonds. The second kappa shape index (κ2) is 41.4. The van der Waals surface area contributed by atoms with Gasteiger partial charge >= 0.3 is 5.97 Å². The molecule has 9 aliphatic rings. The van der Waals surface area contributed by atoms with Gasteiger partial charge in [0.1, 0.15) is 207 Å². The number of hydrogen-bond donors (Lipinski definition) is 30. The monoisotopic (exact) mass is 1710 g/mol. The van der Waals surface area contributed by atoms with Crippen molar-refractivity contribution < 1.29 is 237 Å². The first kappa shape index (κ1) is 96.5. The van der Waals surface area contributed by atoms with Gasteiger partial charge in [0.15, 0.2) is 50.3 Å². The van der Waals surface area contributed by atoms with E-state index in [1.807, 2.05) is 0 Å². The molecule has 0 aromatic rings. The zero-order valence-corrected chi connectivity index (χ0v) is 63.0. The smallest absolute Gasteiger partial charge is 0.364 e. The number of amides is 4. The van der Waals surface area contributed by atoms with E-state index in [1.54, 1.807) is 0 Å². The van der Waals surface area contributed by atoms with Crippen LogP contribution >= 0.6 is 0 Å². The summed E-state index contributed by atoms with van der Waals surface area (Å²) in [6.07, 6.45) is -86.2. The molecule has 0 aromatic heterocycles. The van der Waals surface area contributed by atoms with Gasteiger partial charge in [-0.1, -0.05) is 0 Å². The number of aliphatic carboxylic acids is 1. The zero-order chi connectivity index (χ0) is 86.6. The fourth-order valence-electron chi connectivity index (χ4n) is 14.9. The molecule has 0 bridgehead atoms. The Morgan fingerprint density at radius 1 is 0.368 bits per heavy atom. The summed E-state index contributed by atoms with van der Waals surface area (Å²) in [7, 11) is 0. The number of carbonyl (C=O) groups is 5.